The summed E-state index contributed by atoms with van der Waals surface area (Å²) in [6.45, 7) is 1.53. The van der Waals surface area contributed by atoms with Crippen molar-refractivity contribution in [2.45, 2.75) is 43.3 Å². The molecule has 7 heteroatoms. The van der Waals surface area contributed by atoms with E-state index in [0.717, 1.165) is 29.9 Å². The average molecular weight is 436 g/mol. The highest BCUT2D eigenvalue weighted by molar-refractivity contribution is 5.76. The Morgan fingerprint density at radius 2 is 1.94 bits per heavy atom. The Kier molecular flexibility index (Phi) is 5.39. The number of piperidine rings is 1. The van der Waals surface area contributed by atoms with Crippen LogP contribution in [0.3, 0.4) is 0 Å². The van der Waals surface area contributed by atoms with Gasteiger partial charge >= 0.3 is 0 Å². The molecule has 0 saturated carbocycles. The van der Waals surface area contributed by atoms with E-state index in [2.05, 4.69) is 4.98 Å². The van der Waals surface area contributed by atoms with Crippen molar-refractivity contribution in [2.75, 3.05) is 19.7 Å². The molecular weight excluding hydrogens is 406 g/mol. The summed E-state index contributed by atoms with van der Waals surface area (Å²) in [6.07, 6.45) is 6.51. The maximum atomic E-state index is 12.8. The monoisotopic (exact) mass is 435 g/mol. The second-order valence-corrected chi connectivity index (χ2v) is 9.05. The molecule has 1 amide bonds. The predicted molar refractivity (Wildman–Crippen MR) is 119 cm³/mol. The van der Waals surface area contributed by atoms with Gasteiger partial charge in [0.1, 0.15) is 22.9 Å². The van der Waals surface area contributed by atoms with Crippen molar-refractivity contribution < 1.29 is 19.1 Å². The first kappa shape index (κ1) is 21.0. The zero-order valence-electron chi connectivity index (χ0n) is 18.4. The number of likely N-dealkylation sites (tertiary alicyclic amines) is 1. The first-order valence-electron chi connectivity index (χ1n) is 11.2. The van der Waals surface area contributed by atoms with Crippen LogP contribution in [-0.2, 0) is 28.6 Å². The lowest BCUT2D eigenvalue weighted by molar-refractivity contribution is -0.136. The molecule has 2 aromatic heterocycles. The molecule has 2 fully saturated rings. The SMILES string of the molecule is Cn1ccnc1C1(O)COC2(CCN(C(=O)CCc3ccc(-c4ccccc4)o3)CC2)C1. The number of hydrogen-bond acceptors (Lipinski definition) is 5. The van der Waals surface area contributed by atoms with E-state index in [0.29, 0.717) is 38.2 Å². The zero-order valence-corrected chi connectivity index (χ0v) is 18.4. The fraction of sp³-hybridized carbons (Fsp3) is 0.440. The molecule has 1 spiro atoms. The average Bonchev–Trinajstić information content (AvgIpc) is 3.53. The predicted octanol–water partition coefficient (Wildman–Crippen LogP) is 3.28. The first-order valence-corrected chi connectivity index (χ1v) is 11.2. The normalized spacial score (nSPS) is 22.5. The van der Waals surface area contributed by atoms with Crippen molar-refractivity contribution >= 4 is 5.91 Å². The molecule has 4 heterocycles. The van der Waals surface area contributed by atoms with Gasteiger partial charge in [-0.3, -0.25) is 4.79 Å². The number of amides is 1. The summed E-state index contributed by atoms with van der Waals surface area (Å²) >= 11 is 0. The number of nitrogens with zero attached hydrogens (tertiary/aromatic N) is 3. The molecule has 2 aliphatic rings. The Bertz CT molecular complexity index is 1080. The number of aryl methyl sites for hydroxylation is 2. The lowest BCUT2D eigenvalue weighted by atomic mass is 9.83. The molecule has 1 N–H and O–H groups in total. The lowest BCUT2D eigenvalue weighted by Gasteiger charge is -2.39. The number of aromatic nitrogens is 2. The Morgan fingerprint density at radius 1 is 1.16 bits per heavy atom. The number of aliphatic hydroxyl groups is 1. The van der Waals surface area contributed by atoms with E-state index in [1.54, 1.807) is 6.20 Å². The Morgan fingerprint density at radius 3 is 2.66 bits per heavy atom. The van der Waals surface area contributed by atoms with Crippen LogP contribution in [0.15, 0.2) is 59.3 Å². The van der Waals surface area contributed by atoms with Crippen LogP contribution in [0.5, 0.6) is 0 Å². The van der Waals surface area contributed by atoms with Gasteiger partial charge in [0.15, 0.2) is 0 Å². The van der Waals surface area contributed by atoms with Crippen LogP contribution in [0.25, 0.3) is 11.3 Å². The van der Waals surface area contributed by atoms with Crippen LogP contribution < -0.4 is 0 Å². The summed E-state index contributed by atoms with van der Waals surface area (Å²) in [4.78, 5) is 19.0. The number of carbonyl (C=O) groups is 1. The van der Waals surface area contributed by atoms with Gasteiger partial charge in [-0.15, -0.1) is 0 Å². The van der Waals surface area contributed by atoms with Crippen LogP contribution in [0.4, 0.5) is 0 Å². The van der Waals surface area contributed by atoms with E-state index in [1.165, 1.54) is 0 Å². The van der Waals surface area contributed by atoms with E-state index < -0.39 is 5.60 Å². The topological polar surface area (TPSA) is 80.7 Å². The van der Waals surface area contributed by atoms with Crippen LogP contribution >= 0.6 is 0 Å². The van der Waals surface area contributed by atoms with Gasteiger partial charge in [0.2, 0.25) is 5.91 Å². The van der Waals surface area contributed by atoms with E-state index in [1.807, 2.05) is 65.2 Å². The highest BCUT2D eigenvalue weighted by Crippen LogP contribution is 2.44. The minimum atomic E-state index is -1.07. The zero-order chi connectivity index (χ0) is 22.2. The van der Waals surface area contributed by atoms with Gasteiger partial charge in [-0.1, -0.05) is 30.3 Å². The molecule has 0 radical (unpaired) electrons. The van der Waals surface area contributed by atoms with Crippen molar-refractivity contribution in [2.24, 2.45) is 7.05 Å². The van der Waals surface area contributed by atoms with Gasteiger partial charge in [0.05, 0.1) is 12.2 Å². The molecule has 1 aromatic carbocycles. The molecule has 2 aliphatic heterocycles. The van der Waals surface area contributed by atoms with E-state index in [4.69, 9.17) is 9.15 Å². The Labute approximate surface area is 187 Å². The molecule has 1 unspecified atom stereocenters. The minimum absolute atomic E-state index is 0.134. The first-order chi connectivity index (χ1) is 15.5. The molecule has 7 nitrogen and oxygen atoms in total. The van der Waals surface area contributed by atoms with E-state index in [9.17, 15) is 9.90 Å². The van der Waals surface area contributed by atoms with Gasteiger partial charge in [0, 0.05) is 57.4 Å². The van der Waals surface area contributed by atoms with Crippen molar-refractivity contribution in [3.05, 3.63) is 66.4 Å². The van der Waals surface area contributed by atoms with Crippen molar-refractivity contribution in [1.29, 1.82) is 0 Å². The van der Waals surface area contributed by atoms with E-state index >= 15 is 0 Å². The second kappa shape index (κ2) is 8.22. The van der Waals surface area contributed by atoms with Gasteiger partial charge < -0.3 is 23.7 Å². The van der Waals surface area contributed by atoms with Gasteiger partial charge in [-0.05, 0) is 25.0 Å². The fourth-order valence-corrected chi connectivity index (χ4v) is 5.01. The standard InChI is InChI=1S/C25H29N3O4/c1-27-16-13-26-23(27)25(30)17-24(31-18-25)11-14-28(15-12-24)22(29)10-8-20-7-9-21(32-20)19-5-3-2-4-6-19/h2-7,9,13,16,30H,8,10-12,14-15,17-18H2,1H3. The Balaban J connectivity index is 1.14. The number of hydrogen-bond donors (Lipinski definition) is 1. The number of carbonyl (C=O) groups excluding carboxylic acids is 1. The molecule has 0 bridgehead atoms. The molecule has 32 heavy (non-hydrogen) atoms. The molecule has 0 aliphatic carbocycles. The third-order valence-corrected chi connectivity index (χ3v) is 6.80. The molecule has 168 valence electrons. The van der Waals surface area contributed by atoms with Crippen molar-refractivity contribution in [1.82, 2.24) is 14.5 Å². The summed E-state index contributed by atoms with van der Waals surface area (Å²) < 4.78 is 13.9. The van der Waals surface area contributed by atoms with Crippen molar-refractivity contribution in [3.63, 3.8) is 0 Å². The maximum Gasteiger partial charge on any atom is 0.223 e. The van der Waals surface area contributed by atoms with Crippen LogP contribution in [0, 0.1) is 0 Å². The quantitative estimate of drug-likeness (QED) is 0.665. The number of furan rings is 1. The largest absolute Gasteiger partial charge is 0.461 e. The molecular formula is C25H29N3O4. The van der Waals surface area contributed by atoms with Gasteiger partial charge in [-0.25, -0.2) is 4.98 Å². The minimum Gasteiger partial charge on any atom is -0.461 e. The third-order valence-electron chi connectivity index (χ3n) is 6.80. The summed E-state index contributed by atoms with van der Waals surface area (Å²) in [5.74, 6) is 2.42. The number of imidazole rings is 1. The van der Waals surface area contributed by atoms with Gasteiger partial charge in [0.25, 0.3) is 0 Å². The van der Waals surface area contributed by atoms with Crippen molar-refractivity contribution in [3.8, 4) is 11.3 Å². The fourth-order valence-electron chi connectivity index (χ4n) is 5.01. The number of benzene rings is 1. The van der Waals surface area contributed by atoms with Gasteiger partial charge in [-0.2, -0.15) is 0 Å². The number of rotatable bonds is 5. The second-order valence-electron chi connectivity index (χ2n) is 9.05. The van der Waals surface area contributed by atoms with Crippen LogP contribution in [0.2, 0.25) is 0 Å². The smallest absolute Gasteiger partial charge is 0.223 e. The molecule has 3 aromatic rings. The molecule has 5 rings (SSSR count). The summed E-state index contributed by atoms with van der Waals surface area (Å²) in [7, 11) is 1.88. The highest BCUT2D eigenvalue weighted by Gasteiger charge is 2.52. The summed E-state index contributed by atoms with van der Waals surface area (Å²) in [5, 5.41) is 11.1. The Hall–Kier alpha value is -2.90. The summed E-state index contributed by atoms with van der Waals surface area (Å²) in [5.41, 5.74) is -0.419. The molecule has 1 atom stereocenters. The number of ether oxygens (including phenoxy) is 1. The third kappa shape index (κ3) is 3.98. The van der Waals surface area contributed by atoms with E-state index in [-0.39, 0.29) is 18.1 Å². The highest BCUT2D eigenvalue weighted by atomic mass is 16.5. The van der Waals surface area contributed by atoms with Crippen LogP contribution in [-0.4, -0.2) is 50.8 Å². The summed E-state index contributed by atoms with van der Waals surface area (Å²) in [6, 6.07) is 13.9. The maximum absolute atomic E-state index is 12.8. The molecule has 2 saturated heterocycles. The van der Waals surface area contributed by atoms with Crippen LogP contribution in [0.1, 0.15) is 37.3 Å². The lowest BCUT2D eigenvalue weighted by Crippen LogP contribution is -2.47.